The second-order valence-electron chi connectivity index (χ2n) is 5.15. The van der Waals surface area contributed by atoms with Crippen LogP contribution >= 0.6 is 0 Å². The largest absolute Gasteiger partial charge is 0.374 e. The van der Waals surface area contributed by atoms with Gasteiger partial charge in [-0.3, -0.25) is 0 Å². The topological polar surface area (TPSA) is 9.23 Å². The minimum atomic E-state index is 0.409. The summed E-state index contributed by atoms with van der Waals surface area (Å²) < 4.78 is 5.83. The lowest BCUT2D eigenvalue weighted by Crippen LogP contribution is -2.19. The predicted molar refractivity (Wildman–Crippen MR) is 63.5 cm³/mol. The van der Waals surface area contributed by atoms with Crippen LogP contribution < -0.4 is 0 Å². The maximum Gasteiger partial charge on any atom is 0.0675 e. The summed E-state index contributed by atoms with van der Waals surface area (Å²) >= 11 is 0. The van der Waals surface area contributed by atoms with E-state index in [-0.39, 0.29) is 0 Å². The molecule has 0 bridgehead atoms. The van der Waals surface area contributed by atoms with Gasteiger partial charge < -0.3 is 4.74 Å². The van der Waals surface area contributed by atoms with Crippen LogP contribution in [0.25, 0.3) is 0 Å². The number of rotatable bonds is 7. The first kappa shape index (κ1) is 13.7. The van der Waals surface area contributed by atoms with E-state index in [9.17, 15) is 0 Å². The van der Waals surface area contributed by atoms with E-state index in [0.29, 0.717) is 24.5 Å². The van der Waals surface area contributed by atoms with E-state index in [1.807, 2.05) is 6.92 Å². The predicted octanol–water partition coefficient (Wildman–Crippen LogP) is 4.04. The normalized spacial score (nSPS) is 11.7. The molecule has 0 heterocycles. The van der Waals surface area contributed by atoms with E-state index in [1.54, 1.807) is 0 Å². The first-order chi connectivity index (χ1) is 6.41. The van der Waals surface area contributed by atoms with Crippen LogP contribution in [0.15, 0.2) is 12.2 Å². The number of ether oxygens (including phenoxy) is 1. The van der Waals surface area contributed by atoms with E-state index in [2.05, 4.69) is 34.3 Å². The van der Waals surface area contributed by atoms with Gasteiger partial charge in [-0.25, -0.2) is 0 Å². The number of hydrogen-bond acceptors (Lipinski definition) is 1. The highest BCUT2D eigenvalue weighted by Crippen LogP contribution is 2.17. The standard InChI is InChI=1S/C13H26O/c1-10(2)7-13(8-11(3)4)14-9-12(5)6/h10-11,13H,5,7-9H2,1-4,6H3. The Labute approximate surface area is 89.5 Å². The van der Waals surface area contributed by atoms with Crippen LogP contribution in [0, 0.1) is 11.8 Å². The third-order valence-corrected chi connectivity index (χ3v) is 2.03. The van der Waals surface area contributed by atoms with Gasteiger partial charge in [0.25, 0.3) is 0 Å². The minimum Gasteiger partial charge on any atom is -0.374 e. The first-order valence-electron chi connectivity index (χ1n) is 5.67. The molecule has 0 fully saturated rings. The molecule has 0 spiro atoms. The third-order valence-electron chi connectivity index (χ3n) is 2.03. The zero-order valence-corrected chi connectivity index (χ0v) is 10.5. The fourth-order valence-corrected chi connectivity index (χ4v) is 1.54. The molecule has 0 N–H and O–H groups in total. The molecule has 0 saturated carbocycles. The van der Waals surface area contributed by atoms with Gasteiger partial charge in [0.05, 0.1) is 12.7 Å². The molecule has 1 nitrogen and oxygen atoms in total. The van der Waals surface area contributed by atoms with Gasteiger partial charge >= 0.3 is 0 Å². The van der Waals surface area contributed by atoms with Gasteiger partial charge in [0, 0.05) is 0 Å². The van der Waals surface area contributed by atoms with Crippen molar-refractivity contribution < 1.29 is 4.74 Å². The van der Waals surface area contributed by atoms with E-state index in [0.717, 1.165) is 18.4 Å². The summed E-state index contributed by atoms with van der Waals surface area (Å²) in [6, 6.07) is 0. The molecule has 0 aliphatic heterocycles. The molecule has 14 heavy (non-hydrogen) atoms. The van der Waals surface area contributed by atoms with Crippen molar-refractivity contribution in [1.29, 1.82) is 0 Å². The highest BCUT2D eigenvalue weighted by molar-refractivity contribution is 4.88. The molecule has 0 aromatic heterocycles. The van der Waals surface area contributed by atoms with Crippen molar-refractivity contribution >= 4 is 0 Å². The summed E-state index contributed by atoms with van der Waals surface area (Å²) in [6.07, 6.45) is 2.73. The van der Waals surface area contributed by atoms with Gasteiger partial charge in [-0.05, 0) is 31.6 Å². The van der Waals surface area contributed by atoms with Gasteiger partial charge in [-0.1, -0.05) is 39.8 Å². The van der Waals surface area contributed by atoms with E-state index in [1.165, 1.54) is 0 Å². The van der Waals surface area contributed by atoms with Crippen LogP contribution in [0.2, 0.25) is 0 Å². The third kappa shape index (κ3) is 8.31. The Morgan fingerprint density at radius 2 is 1.50 bits per heavy atom. The lowest BCUT2D eigenvalue weighted by Gasteiger charge is -2.21. The monoisotopic (exact) mass is 198 g/mol. The highest BCUT2D eigenvalue weighted by atomic mass is 16.5. The van der Waals surface area contributed by atoms with Crippen molar-refractivity contribution in [3.63, 3.8) is 0 Å². The van der Waals surface area contributed by atoms with Crippen molar-refractivity contribution in [2.45, 2.75) is 53.6 Å². The quantitative estimate of drug-likeness (QED) is 0.561. The van der Waals surface area contributed by atoms with Gasteiger partial charge in [0.2, 0.25) is 0 Å². The van der Waals surface area contributed by atoms with Crippen molar-refractivity contribution in [3.05, 3.63) is 12.2 Å². The maximum absolute atomic E-state index is 5.83. The maximum atomic E-state index is 5.83. The molecule has 0 aliphatic carbocycles. The van der Waals surface area contributed by atoms with Crippen LogP contribution in [0.1, 0.15) is 47.5 Å². The van der Waals surface area contributed by atoms with Gasteiger partial charge in [0.15, 0.2) is 0 Å². The van der Waals surface area contributed by atoms with E-state index < -0.39 is 0 Å². The molecule has 0 unspecified atom stereocenters. The van der Waals surface area contributed by atoms with E-state index >= 15 is 0 Å². The second-order valence-corrected chi connectivity index (χ2v) is 5.15. The van der Waals surface area contributed by atoms with Crippen LogP contribution in [-0.4, -0.2) is 12.7 Å². The minimum absolute atomic E-state index is 0.409. The smallest absolute Gasteiger partial charge is 0.0675 e. The Morgan fingerprint density at radius 1 is 1.07 bits per heavy atom. The van der Waals surface area contributed by atoms with E-state index in [4.69, 9.17) is 4.74 Å². The lowest BCUT2D eigenvalue weighted by atomic mass is 9.98. The van der Waals surface area contributed by atoms with Crippen molar-refractivity contribution in [2.24, 2.45) is 11.8 Å². The molecule has 0 amide bonds. The van der Waals surface area contributed by atoms with Crippen LogP contribution in [0.4, 0.5) is 0 Å². The molecule has 84 valence electrons. The Balaban J connectivity index is 3.90. The molecular formula is C13H26O. The summed E-state index contributed by atoms with van der Waals surface area (Å²) in [4.78, 5) is 0. The van der Waals surface area contributed by atoms with Gasteiger partial charge in [0.1, 0.15) is 0 Å². The Morgan fingerprint density at radius 3 is 1.79 bits per heavy atom. The fraction of sp³-hybridized carbons (Fsp3) is 0.846. The summed E-state index contributed by atoms with van der Waals surface area (Å²) in [7, 11) is 0. The fourth-order valence-electron chi connectivity index (χ4n) is 1.54. The Hall–Kier alpha value is -0.300. The van der Waals surface area contributed by atoms with Crippen molar-refractivity contribution in [2.75, 3.05) is 6.61 Å². The number of hydrogen-bond donors (Lipinski definition) is 0. The lowest BCUT2D eigenvalue weighted by molar-refractivity contribution is 0.0398. The zero-order valence-electron chi connectivity index (χ0n) is 10.5. The highest BCUT2D eigenvalue weighted by Gasteiger charge is 2.13. The van der Waals surface area contributed by atoms with Crippen LogP contribution in [-0.2, 0) is 4.74 Å². The average Bonchev–Trinajstić information content (AvgIpc) is 1.97. The first-order valence-corrected chi connectivity index (χ1v) is 5.67. The van der Waals surface area contributed by atoms with Crippen LogP contribution in [0.5, 0.6) is 0 Å². The second kappa shape index (κ2) is 7.05. The Kier molecular flexibility index (Phi) is 6.90. The van der Waals surface area contributed by atoms with Crippen molar-refractivity contribution in [3.8, 4) is 0 Å². The van der Waals surface area contributed by atoms with Crippen LogP contribution in [0.3, 0.4) is 0 Å². The summed E-state index contributed by atoms with van der Waals surface area (Å²) in [5.41, 5.74) is 1.11. The molecule has 0 aliphatic rings. The average molecular weight is 198 g/mol. The molecule has 0 radical (unpaired) electrons. The molecule has 0 aromatic rings. The summed E-state index contributed by atoms with van der Waals surface area (Å²) in [5.74, 6) is 1.42. The zero-order chi connectivity index (χ0) is 11.1. The molecular weight excluding hydrogens is 172 g/mol. The molecule has 0 aromatic carbocycles. The molecule has 0 rings (SSSR count). The Bertz CT molecular complexity index is 149. The van der Waals surface area contributed by atoms with Crippen molar-refractivity contribution in [1.82, 2.24) is 0 Å². The summed E-state index contributed by atoms with van der Waals surface area (Å²) in [5, 5.41) is 0. The molecule has 0 saturated heterocycles. The molecule has 1 heteroatoms. The molecule has 0 atom stereocenters. The van der Waals surface area contributed by atoms with Gasteiger partial charge in [-0.2, -0.15) is 0 Å². The summed E-state index contributed by atoms with van der Waals surface area (Å²) in [6.45, 7) is 15.6. The SMILES string of the molecule is C=C(C)COC(CC(C)C)CC(C)C. The van der Waals surface area contributed by atoms with Gasteiger partial charge in [-0.15, -0.1) is 0 Å².